The van der Waals surface area contributed by atoms with Gasteiger partial charge in [-0.3, -0.25) is 14.9 Å². The summed E-state index contributed by atoms with van der Waals surface area (Å²) in [7, 11) is 0. The number of nitro benzene ring substituents is 1. The van der Waals surface area contributed by atoms with Gasteiger partial charge >= 0.3 is 5.69 Å². The summed E-state index contributed by atoms with van der Waals surface area (Å²) >= 11 is 3.38. The van der Waals surface area contributed by atoms with Crippen LogP contribution < -0.4 is 10.3 Å². The quantitative estimate of drug-likeness (QED) is 0.147. The van der Waals surface area contributed by atoms with Gasteiger partial charge in [0.25, 0.3) is 5.56 Å². The molecule has 0 fully saturated rings. The Morgan fingerprint density at radius 3 is 2.75 bits per heavy atom. The summed E-state index contributed by atoms with van der Waals surface area (Å²) in [5, 5.41) is 16.4. The Labute approximate surface area is 214 Å². The van der Waals surface area contributed by atoms with Gasteiger partial charge in [-0.05, 0) is 54.4 Å². The van der Waals surface area contributed by atoms with E-state index in [0.717, 1.165) is 10.9 Å². The van der Waals surface area contributed by atoms with E-state index in [9.17, 15) is 19.3 Å². The van der Waals surface area contributed by atoms with Crippen molar-refractivity contribution < 1.29 is 14.1 Å². The molecule has 0 bridgehead atoms. The van der Waals surface area contributed by atoms with Crippen LogP contribution in [0.4, 0.5) is 10.1 Å². The van der Waals surface area contributed by atoms with Gasteiger partial charge in [0.1, 0.15) is 18.2 Å². The summed E-state index contributed by atoms with van der Waals surface area (Å²) in [6.45, 7) is 3.91. The largest absolute Gasteiger partial charge is 0.482 e. The zero-order valence-electron chi connectivity index (χ0n) is 19.5. The molecular formula is C26H22BrFN4O4. The highest BCUT2D eigenvalue weighted by molar-refractivity contribution is 9.10. The van der Waals surface area contributed by atoms with Crippen LogP contribution in [0.25, 0.3) is 10.9 Å². The second-order valence-electron chi connectivity index (χ2n) is 8.21. The summed E-state index contributed by atoms with van der Waals surface area (Å²) in [4.78, 5) is 29.0. The molecule has 0 N–H and O–H groups in total. The average Bonchev–Trinajstić information content (AvgIpc) is 2.87. The van der Waals surface area contributed by atoms with Gasteiger partial charge in [0.15, 0.2) is 5.75 Å². The van der Waals surface area contributed by atoms with Crippen molar-refractivity contribution in [2.75, 3.05) is 0 Å². The number of hydrogen-bond acceptors (Lipinski definition) is 6. The number of ether oxygens (including phenoxy) is 1. The molecule has 0 unspecified atom stereocenters. The molecule has 1 heterocycles. The Kier molecular flexibility index (Phi) is 7.54. The lowest BCUT2D eigenvalue weighted by Crippen LogP contribution is -2.23. The van der Waals surface area contributed by atoms with E-state index in [0.29, 0.717) is 27.9 Å². The molecule has 8 nitrogen and oxygen atoms in total. The van der Waals surface area contributed by atoms with Gasteiger partial charge in [-0.25, -0.2) is 9.37 Å². The smallest absolute Gasteiger partial charge is 0.311 e. The second-order valence-corrected chi connectivity index (χ2v) is 9.12. The Bertz CT molecular complexity index is 1540. The molecule has 0 aliphatic carbocycles. The fraction of sp³-hybridized carbons (Fsp3) is 0.192. The van der Waals surface area contributed by atoms with Gasteiger partial charge in [-0.15, -0.1) is 0 Å². The highest BCUT2D eigenvalue weighted by Crippen LogP contribution is 2.28. The van der Waals surface area contributed by atoms with Crippen molar-refractivity contribution in [1.29, 1.82) is 0 Å². The van der Waals surface area contributed by atoms with Gasteiger partial charge in [0, 0.05) is 22.0 Å². The van der Waals surface area contributed by atoms with Crippen molar-refractivity contribution >= 4 is 38.7 Å². The molecule has 36 heavy (non-hydrogen) atoms. The first-order chi connectivity index (χ1) is 17.3. The zero-order valence-corrected chi connectivity index (χ0v) is 21.1. The number of halogens is 2. The molecule has 0 aliphatic heterocycles. The predicted molar refractivity (Wildman–Crippen MR) is 139 cm³/mol. The molecule has 0 spiro atoms. The van der Waals surface area contributed by atoms with Crippen LogP contribution in [-0.2, 0) is 6.61 Å². The van der Waals surface area contributed by atoms with Crippen LogP contribution in [0.2, 0.25) is 0 Å². The van der Waals surface area contributed by atoms with Crippen molar-refractivity contribution in [3.8, 4) is 5.75 Å². The molecular weight excluding hydrogens is 531 g/mol. The number of fused-ring (bicyclic) bond motifs is 1. The maximum absolute atomic E-state index is 13.4. The van der Waals surface area contributed by atoms with Crippen LogP contribution in [0.5, 0.6) is 5.75 Å². The minimum absolute atomic E-state index is 0.0297. The van der Waals surface area contributed by atoms with E-state index in [2.05, 4.69) is 26.0 Å². The van der Waals surface area contributed by atoms with Crippen molar-refractivity contribution in [2.24, 2.45) is 5.10 Å². The third-order valence-electron chi connectivity index (χ3n) is 5.67. The standard InChI is InChI=1S/C26H22BrFN4O4/c1-3-16(2)25-30-22-9-8-19(27)13-21(22)26(33)31(25)29-14-17-7-10-24(23(12-17)32(34)35)36-15-18-5-4-6-20(28)11-18/h4-14,16H,3,15H2,1-2H3/t16-/m1/s1. The number of nitro groups is 1. The zero-order chi connectivity index (χ0) is 25.8. The molecule has 0 aliphatic rings. The third kappa shape index (κ3) is 5.49. The number of rotatable bonds is 8. The van der Waals surface area contributed by atoms with Crippen LogP contribution in [-0.4, -0.2) is 20.8 Å². The molecule has 4 rings (SSSR count). The van der Waals surface area contributed by atoms with Crippen LogP contribution in [0.3, 0.4) is 0 Å². The molecule has 4 aromatic rings. The maximum atomic E-state index is 13.4. The van der Waals surface area contributed by atoms with Gasteiger partial charge in [0.05, 0.1) is 22.0 Å². The molecule has 0 amide bonds. The van der Waals surface area contributed by atoms with Crippen molar-refractivity contribution in [2.45, 2.75) is 32.8 Å². The summed E-state index contributed by atoms with van der Waals surface area (Å²) in [6.07, 6.45) is 2.12. The first-order valence-electron chi connectivity index (χ1n) is 11.2. The van der Waals surface area contributed by atoms with E-state index in [1.807, 2.05) is 19.9 Å². The molecule has 184 valence electrons. The third-order valence-corrected chi connectivity index (χ3v) is 6.17. The van der Waals surface area contributed by atoms with Gasteiger partial charge in [-0.2, -0.15) is 9.78 Å². The fourth-order valence-electron chi connectivity index (χ4n) is 3.57. The van der Waals surface area contributed by atoms with E-state index >= 15 is 0 Å². The maximum Gasteiger partial charge on any atom is 0.311 e. The topological polar surface area (TPSA) is 99.6 Å². The Morgan fingerprint density at radius 2 is 2.03 bits per heavy atom. The highest BCUT2D eigenvalue weighted by Gasteiger charge is 2.18. The number of benzene rings is 3. The lowest BCUT2D eigenvalue weighted by Gasteiger charge is -2.14. The van der Waals surface area contributed by atoms with Crippen LogP contribution in [0.1, 0.15) is 43.1 Å². The first kappa shape index (κ1) is 25.2. The molecule has 0 saturated heterocycles. The van der Waals surface area contributed by atoms with Gasteiger partial charge in [0.2, 0.25) is 0 Å². The number of aromatic nitrogens is 2. The van der Waals surface area contributed by atoms with E-state index < -0.39 is 10.7 Å². The van der Waals surface area contributed by atoms with Gasteiger partial charge in [-0.1, -0.05) is 41.9 Å². The van der Waals surface area contributed by atoms with E-state index in [1.165, 1.54) is 41.2 Å². The highest BCUT2D eigenvalue weighted by atomic mass is 79.9. The molecule has 0 saturated carbocycles. The molecule has 1 atom stereocenters. The average molecular weight is 553 g/mol. The van der Waals surface area contributed by atoms with Crippen molar-refractivity contribution in [3.63, 3.8) is 0 Å². The van der Waals surface area contributed by atoms with Crippen LogP contribution in [0, 0.1) is 15.9 Å². The normalized spacial score (nSPS) is 12.2. The molecule has 3 aromatic carbocycles. The van der Waals surface area contributed by atoms with Gasteiger partial charge < -0.3 is 4.74 Å². The second kappa shape index (κ2) is 10.8. The number of nitrogens with zero attached hydrogens (tertiary/aromatic N) is 4. The lowest BCUT2D eigenvalue weighted by molar-refractivity contribution is -0.385. The summed E-state index contributed by atoms with van der Waals surface area (Å²) < 4.78 is 21.0. The summed E-state index contributed by atoms with van der Waals surface area (Å²) in [6, 6.07) is 15.4. The summed E-state index contributed by atoms with van der Waals surface area (Å²) in [5.74, 6) is 0.0738. The van der Waals surface area contributed by atoms with E-state index in [4.69, 9.17) is 4.74 Å². The first-order valence-corrected chi connectivity index (χ1v) is 12.0. The minimum Gasteiger partial charge on any atom is -0.482 e. The Morgan fingerprint density at radius 1 is 1.22 bits per heavy atom. The molecule has 0 radical (unpaired) electrons. The van der Waals surface area contributed by atoms with Crippen LogP contribution in [0.15, 0.2) is 75.0 Å². The minimum atomic E-state index is -0.565. The lowest BCUT2D eigenvalue weighted by atomic mass is 10.1. The predicted octanol–water partition coefficient (Wildman–Crippen LogP) is 6.18. The van der Waals surface area contributed by atoms with E-state index in [-0.39, 0.29) is 29.5 Å². The van der Waals surface area contributed by atoms with E-state index in [1.54, 1.807) is 24.3 Å². The number of hydrogen-bond donors (Lipinski definition) is 0. The molecule has 10 heteroatoms. The Hall–Kier alpha value is -3.92. The monoisotopic (exact) mass is 552 g/mol. The Balaban J connectivity index is 1.69. The van der Waals surface area contributed by atoms with Crippen molar-refractivity contribution in [1.82, 2.24) is 9.66 Å². The summed E-state index contributed by atoms with van der Waals surface area (Å²) in [5.41, 5.74) is 0.904. The SMILES string of the molecule is CC[C@@H](C)c1nc2ccc(Br)cc2c(=O)n1N=Cc1ccc(OCc2cccc(F)c2)c([N+](=O)[O-])c1. The molecule has 1 aromatic heterocycles. The fourth-order valence-corrected chi connectivity index (χ4v) is 3.93. The van der Waals surface area contributed by atoms with Crippen LogP contribution >= 0.6 is 15.9 Å². The van der Waals surface area contributed by atoms with Crippen molar-refractivity contribution in [3.05, 3.63) is 108 Å².